The van der Waals surface area contributed by atoms with E-state index in [4.69, 9.17) is 0 Å². The maximum atomic E-state index is 10.0. The van der Waals surface area contributed by atoms with Crippen LogP contribution in [0.3, 0.4) is 0 Å². The van der Waals surface area contributed by atoms with E-state index in [2.05, 4.69) is 26.1 Å². The lowest BCUT2D eigenvalue weighted by molar-refractivity contribution is 0.0524. The number of hydrogen-bond donors (Lipinski definition) is 2. The van der Waals surface area contributed by atoms with Crippen LogP contribution in [0.25, 0.3) is 0 Å². The van der Waals surface area contributed by atoms with Gasteiger partial charge in [-0.05, 0) is 49.9 Å². The molecule has 2 rings (SSSR count). The maximum absolute atomic E-state index is 10.0. The molecule has 2 saturated carbocycles. The minimum absolute atomic E-state index is 0.0231. The van der Waals surface area contributed by atoms with E-state index in [1.165, 1.54) is 57.8 Å². The van der Waals surface area contributed by atoms with Crippen LogP contribution in [0.15, 0.2) is 0 Å². The van der Waals surface area contributed by atoms with E-state index in [1.807, 2.05) is 0 Å². The standard InChI is InChI=1S/C19H37NO/c1-4-18(2,3)16-11-13-19(15-21,14-12-16)20-17-9-7-5-6-8-10-17/h16-17,20-21H,4-15H2,1-3H3. The van der Waals surface area contributed by atoms with Gasteiger partial charge in [-0.2, -0.15) is 0 Å². The Kier molecular flexibility index (Phi) is 6.14. The minimum atomic E-state index is 0.0231. The van der Waals surface area contributed by atoms with Crippen LogP contribution in [-0.4, -0.2) is 23.3 Å². The summed E-state index contributed by atoms with van der Waals surface area (Å²) in [5.74, 6) is 0.832. The Morgan fingerprint density at radius 1 is 1.00 bits per heavy atom. The summed E-state index contributed by atoms with van der Waals surface area (Å²) in [6.07, 6.45) is 14.3. The van der Waals surface area contributed by atoms with Crippen LogP contribution in [-0.2, 0) is 0 Å². The van der Waals surface area contributed by atoms with Gasteiger partial charge >= 0.3 is 0 Å². The average Bonchev–Trinajstić information content (AvgIpc) is 2.76. The highest BCUT2D eigenvalue weighted by atomic mass is 16.3. The van der Waals surface area contributed by atoms with Crippen molar-refractivity contribution in [3.63, 3.8) is 0 Å². The van der Waals surface area contributed by atoms with Gasteiger partial charge in [-0.1, -0.05) is 52.9 Å². The number of hydrogen-bond acceptors (Lipinski definition) is 2. The van der Waals surface area contributed by atoms with Gasteiger partial charge in [0.05, 0.1) is 6.61 Å². The molecule has 0 radical (unpaired) electrons. The topological polar surface area (TPSA) is 32.3 Å². The fourth-order valence-electron chi connectivity index (χ4n) is 4.45. The number of nitrogens with one attached hydrogen (secondary N) is 1. The molecule has 2 aliphatic rings. The third-order valence-electron chi connectivity index (χ3n) is 6.63. The van der Waals surface area contributed by atoms with Crippen molar-refractivity contribution in [1.82, 2.24) is 5.32 Å². The molecule has 0 aromatic heterocycles. The summed E-state index contributed by atoms with van der Waals surface area (Å²) in [7, 11) is 0. The monoisotopic (exact) mass is 295 g/mol. The Hall–Kier alpha value is -0.0800. The summed E-state index contributed by atoms with van der Waals surface area (Å²) in [5.41, 5.74) is 0.485. The molecule has 0 amide bonds. The molecule has 2 N–H and O–H groups in total. The molecule has 2 nitrogen and oxygen atoms in total. The van der Waals surface area contributed by atoms with E-state index >= 15 is 0 Å². The van der Waals surface area contributed by atoms with Crippen molar-refractivity contribution in [2.75, 3.05) is 6.61 Å². The normalized spacial score (nSPS) is 32.9. The Morgan fingerprint density at radius 2 is 1.57 bits per heavy atom. The summed E-state index contributed by atoms with van der Waals surface area (Å²) < 4.78 is 0. The molecule has 0 spiro atoms. The molecule has 0 unspecified atom stereocenters. The smallest absolute Gasteiger partial charge is 0.0613 e. The molecule has 0 atom stereocenters. The van der Waals surface area contributed by atoms with Crippen molar-refractivity contribution >= 4 is 0 Å². The summed E-state index contributed by atoms with van der Waals surface area (Å²) >= 11 is 0. The van der Waals surface area contributed by atoms with Crippen LogP contribution >= 0.6 is 0 Å². The van der Waals surface area contributed by atoms with Crippen molar-refractivity contribution in [3.05, 3.63) is 0 Å². The van der Waals surface area contributed by atoms with Crippen LogP contribution in [0.1, 0.15) is 91.4 Å². The SMILES string of the molecule is CCC(C)(C)C1CCC(CO)(NC2CCCCCC2)CC1. The predicted molar refractivity (Wildman–Crippen MR) is 90.5 cm³/mol. The van der Waals surface area contributed by atoms with E-state index in [-0.39, 0.29) is 5.54 Å². The first kappa shape index (κ1) is 17.3. The van der Waals surface area contributed by atoms with Crippen LogP contribution in [0.2, 0.25) is 0 Å². The Bertz CT molecular complexity index is 297. The van der Waals surface area contributed by atoms with E-state index in [0.717, 1.165) is 18.8 Å². The minimum Gasteiger partial charge on any atom is -0.394 e. The van der Waals surface area contributed by atoms with Crippen LogP contribution in [0.5, 0.6) is 0 Å². The Labute approximate surface area is 132 Å². The summed E-state index contributed by atoms with van der Waals surface area (Å²) in [6, 6.07) is 0.649. The second-order valence-corrected chi connectivity index (χ2v) is 8.39. The molecule has 0 heterocycles. The fraction of sp³-hybridized carbons (Fsp3) is 1.00. The van der Waals surface area contributed by atoms with Crippen molar-refractivity contribution < 1.29 is 5.11 Å². The quantitative estimate of drug-likeness (QED) is 0.723. The molecule has 0 bridgehead atoms. The maximum Gasteiger partial charge on any atom is 0.0613 e. The molecule has 0 aromatic rings. The van der Waals surface area contributed by atoms with Crippen molar-refractivity contribution in [2.45, 2.75) is 103 Å². The highest BCUT2D eigenvalue weighted by Gasteiger charge is 2.40. The molecular formula is C19H37NO. The zero-order chi connectivity index (χ0) is 15.3. The Balaban J connectivity index is 1.91. The first-order valence-corrected chi connectivity index (χ1v) is 9.40. The third kappa shape index (κ3) is 4.45. The molecule has 0 aliphatic heterocycles. The predicted octanol–water partition coefficient (Wildman–Crippen LogP) is 4.66. The molecule has 0 aromatic carbocycles. The van der Waals surface area contributed by atoms with E-state index in [1.54, 1.807) is 0 Å². The summed E-state index contributed by atoms with van der Waals surface area (Å²) in [4.78, 5) is 0. The van der Waals surface area contributed by atoms with E-state index < -0.39 is 0 Å². The second-order valence-electron chi connectivity index (χ2n) is 8.39. The Morgan fingerprint density at radius 3 is 2.05 bits per heavy atom. The van der Waals surface area contributed by atoms with Crippen LogP contribution in [0.4, 0.5) is 0 Å². The molecule has 124 valence electrons. The first-order chi connectivity index (χ1) is 10.0. The van der Waals surface area contributed by atoms with Gasteiger partial charge < -0.3 is 10.4 Å². The second kappa shape index (κ2) is 7.46. The van der Waals surface area contributed by atoms with Crippen molar-refractivity contribution in [2.24, 2.45) is 11.3 Å². The number of aliphatic hydroxyl groups excluding tert-OH is 1. The lowest BCUT2D eigenvalue weighted by Gasteiger charge is -2.46. The molecular weight excluding hydrogens is 258 g/mol. The summed E-state index contributed by atoms with van der Waals surface area (Å²) in [5, 5.41) is 13.9. The van der Waals surface area contributed by atoms with Gasteiger partial charge in [-0.25, -0.2) is 0 Å². The highest BCUT2D eigenvalue weighted by molar-refractivity contribution is 4.97. The van der Waals surface area contributed by atoms with Crippen LogP contribution in [0, 0.1) is 11.3 Å². The molecule has 2 fully saturated rings. The lowest BCUT2D eigenvalue weighted by Crippen LogP contribution is -2.55. The van der Waals surface area contributed by atoms with Gasteiger partial charge in [0.25, 0.3) is 0 Å². The van der Waals surface area contributed by atoms with Crippen molar-refractivity contribution in [3.8, 4) is 0 Å². The lowest BCUT2D eigenvalue weighted by atomic mass is 9.65. The van der Waals surface area contributed by atoms with Crippen molar-refractivity contribution in [1.29, 1.82) is 0 Å². The van der Waals surface area contributed by atoms with Gasteiger partial charge in [0.2, 0.25) is 0 Å². The number of aliphatic hydroxyl groups is 1. The molecule has 2 heteroatoms. The van der Waals surface area contributed by atoms with E-state index in [9.17, 15) is 5.11 Å². The van der Waals surface area contributed by atoms with Crippen LogP contribution < -0.4 is 5.32 Å². The molecule has 0 saturated heterocycles. The van der Waals surface area contributed by atoms with Gasteiger partial charge in [-0.15, -0.1) is 0 Å². The fourth-order valence-corrected chi connectivity index (χ4v) is 4.45. The zero-order valence-corrected chi connectivity index (χ0v) is 14.6. The van der Waals surface area contributed by atoms with Gasteiger partial charge in [-0.3, -0.25) is 0 Å². The van der Waals surface area contributed by atoms with Gasteiger partial charge in [0, 0.05) is 11.6 Å². The van der Waals surface area contributed by atoms with Gasteiger partial charge in [0.1, 0.15) is 0 Å². The number of rotatable bonds is 5. The molecule has 2 aliphatic carbocycles. The highest BCUT2D eigenvalue weighted by Crippen LogP contribution is 2.43. The average molecular weight is 296 g/mol. The largest absolute Gasteiger partial charge is 0.394 e. The molecule has 21 heavy (non-hydrogen) atoms. The van der Waals surface area contributed by atoms with Gasteiger partial charge in [0.15, 0.2) is 0 Å². The zero-order valence-electron chi connectivity index (χ0n) is 14.6. The third-order valence-corrected chi connectivity index (χ3v) is 6.63. The summed E-state index contributed by atoms with van der Waals surface area (Å²) in [6.45, 7) is 7.48. The first-order valence-electron chi connectivity index (χ1n) is 9.40. The van der Waals surface area contributed by atoms with E-state index in [0.29, 0.717) is 18.1 Å².